The summed E-state index contributed by atoms with van der Waals surface area (Å²) in [5, 5.41) is 12.3. The third-order valence-corrected chi connectivity index (χ3v) is 3.91. The Balaban J connectivity index is 1.87. The van der Waals surface area contributed by atoms with E-state index in [4.69, 9.17) is 9.84 Å². The minimum Gasteiger partial charge on any atom is -0.482 e. The van der Waals surface area contributed by atoms with Crippen LogP contribution in [0.25, 0.3) is 0 Å². The van der Waals surface area contributed by atoms with E-state index in [0.717, 1.165) is 43.3 Å². The third-order valence-electron chi connectivity index (χ3n) is 3.91. The number of benzene rings is 1. The van der Waals surface area contributed by atoms with Crippen LogP contribution < -0.4 is 19.9 Å². The number of aliphatic hydroxyl groups is 1. The fourth-order valence-electron chi connectivity index (χ4n) is 2.78. The minimum atomic E-state index is -0.0478. The van der Waals surface area contributed by atoms with Crippen molar-refractivity contribution in [1.29, 1.82) is 0 Å². The number of rotatable bonds is 4. The standard InChI is InChI=1S/C15H21N3O3/c19-9-1-6-18-13-10-12(17-7-4-16-5-8-17)2-3-14(13)21-11-15(18)20/h2-3,10,16,19H,1,4-9,11H2. The van der Waals surface area contributed by atoms with E-state index in [2.05, 4.69) is 10.2 Å². The highest BCUT2D eigenvalue weighted by atomic mass is 16.5. The molecule has 0 bridgehead atoms. The predicted octanol–water partition coefficient (Wildman–Crippen LogP) is 0.204. The van der Waals surface area contributed by atoms with Gasteiger partial charge in [0.15, 0.2) is 6.61 Å². The van der Waals surface area contributed by atoms with Crippen LogP contribution in [-0.2, 0) is 4.79 Å². The molecule has 1 fully saturated rings. The van der Waals surface area contributed by atoms with Crippen molar-refractivity contribution in [2.24, 2.45) is 0 Å². The van der Waals surface area contributed by atoms with Gasteiger partial charge in [0.2, 0.25) is 0 Å². The van der Waals surface area contributed by atoms with Crippen LogP contribution in [0.1, 0.15) is 6.42 Å². The van der Waals surface area contributed by atoms with Gasteiger partial charge < -0.3 is 25.0 Å². The monoisotopic (exact) mass is 291 g/mol. The number of nitrogens with one attached hydrogen (secondary N) is 1. The molecular formula is C15H21N3O3. The fraction of sp³-hybridized carbons (Fsp3) is 0.533. The van der Waals surface area contributed by atoms with E-state index >= 15 is 0 Å². The number of hydrogen-bond acceptors (Lipinski definition) is 5. The van der Waals surface area contributed by atoms with Gasteiger partial charge in [0, 0.05) is 45.0 Å². The Morgan fingerprint density at radius 3 is 2.86 bits per heavy atom. The molecule has 0 aromatic heterocycles. The lowest BCUT2D eigenvalue weighted by Gasteiger charge is -2.33. The molecule has 1 saturated heterocycles. The highest BCUT2D eigenvalue weighted by Crippen LogP contribution is 2.35. The first kappa shape index (κ1) is 14.2. The third kappa shape index (κ3) is 2.96. The summed E-state index contributed by atoms with van der Waals surface area (Å²) in [7, 11) is 0. The van der Waals surface area contributed by atoms with Gasteiger partial charge in [0.05, 0.1) is 5.69 Å². The van der Waals surface area contributed by atoms with E-state index in [0.29, 0.717) is 13.0 Å². The first-order valence-corrected chi connectivity index (χ1v) is 7.43. The second-order valence-corrected chi connectivity index (χ2v) is 5.30. The SMILES string of the molecule is O=C1COc2ccc(N3CCNCC3)cc2N1CCCO. The van der Waals surface area contributed by atoms with Crippen molar-refractivity contribution in [3.05, 3.63) is 18.2 Å². The van der Waals surface area contributed by atoms with E-state index in [1.165, 1.54) is 0 Å². The van der Waals surface area contributed by atoms with Crippen LogP contribution in [0.4, 0.5) is 11.4 Å². The lowest BCUT2D eigenvalue weighted by Crippen LogP contribution is -2.44. The molecule has 0 radical (unpaired) electrons. The molecule has 0 aliphatic carbocycles. The fourth-order valence-corrected chi connectivity index (χ4v) is 2.78. The molecule has 1 amide bonds. The van der Waals surface area contributed by atoms with Crippen molar-refractivity contribution in [2.45, 2.75) is 6.42 Å². The zero-order valence-corrected chi connectivity index (χ0v) is 12.0. The van der Waals surface area contributed by atoms with E-state index in [9.17, 15) is 4.79 Å². The van der Waals surface area contributed by atoms with E-state index in [1.54, 1.807) is 4.90 Å². The Kier molecular flexibility index (Phi) is 4.26. The average Bonchev–Trinajstić information content (AvgIpc) is 2.54. The first-order chi connectivity index (χ1) is 10.3. The molecule has 2 aliphatic rings. The Morgan fingerprint density at radius 1 is 1.29 bits per heavy atom. The van der Waals surface area contributed by atoms with Gasteiger partial charge in [0.1, 0.15) is 5.75 Å². The van der Waals surface area contributed by atoms with E-state index in [-0.39, 0.29) is 19.1 Å². The molecule has 1 aromatic carbocycles. The summed E-state index contributed by atoms with van der Waals surface area (Å²) in [6.45, 7) is 4.55. The maximum Gasteiger partial charge on any atom is 0.265 e. The maximum atomic E-state index is 12.0. The molecule has 6 heteroatoms. The number of carbonyl (C=O) groups excluding carboxylic acids is 1. The Bertz CT molecular complexity index is 515. The van der Waals surface area contributed by atoms with Gasteiger partial charge in [-0.1, -0.05) is 0 Å². The topological polar surface area (TPSA) is 65.0 Å². The molecule has 6 nitrogen and oxygen atoms in total. The van der Waals surface area contributed by atoms with Crippen molar-refractivity contribution >= 4 is 17.3 Å². The quantitative estimate of drug-likeness (QED) is 0.830. The number of hydrogen-bond donors (Lipinski definition) is 2. The van der Waals surface area contributed by atoms with Gasteiger partial charge in [-0.3, -0.25) is 4.79 Å². The van der Waals surface area contributed by atoms with Crippen LogP contribution in [0.3, 0.4) is 0 Å². The van der Waals surface area contributed by atoms with Gasteiger partial charge in [-0.15, -0.1) is 0 Å². The molecule has 0 unspecified atom stereocenters. The lowest BCUT2D eigenvalue weighted by molar-refractivity contribution is -0.121. The molecule has 1 aromatic rings. The average molecular weight is 291 g/mol. The Labute approximate surface area is 124 Å². The molecule has 114 valence electrons. The number of piperazine rings is 1. The predicted molar refractivity (Wildman–Crippen MR) is 81.1 cm³/mol. The van der Waals surface area contributed by atoms with Crippen molar-refractivity contribution in [2.75, 3.05) is 55.7 Å². The van der Waals surface area contributed by atoms with Crippen molar-refractivity contribution < 1.29 is 14.6 Å². The van der Waals surface area contributed by atoms with Crippen molar-refractivity contribution in [3.8, 4) is 5.75 Å². The highest BCUT2D eigenvalue weighted by molar-refractivity contribution is 5.98. The van der Waals surface area contributed by atoms with Crippen molar-refractivity contribution in [1.82, 2.24) is 5.32 Å². The number of aliphatic hydroxyl groups excluding tert-OH is 1. The normalized spacial score (nSPS) is 18.4. The molecule has 2 heterocycles. The lowest BCUT2D eigenvalue weighted by atomic mass is 10.1. The molecule has 0 atom stereocenters. The van der Waals surface area contributed by atoms with Crippen LogP contribution >= 0.6 is 0 Å². The number of fused-ring (bicyclic) bond motifs is 1. The van der Waals surface area contributed by atoms with Crippen molar-refractivity contribution in [3.63, 3.8) is 0 Å². The van der Waals surface area contributed by atoms with Crippen LogP contribution in [0, 0.1) is 0 Å². The summed E-state index contributed by atoms with van der Waals surface area (Å²) in [4.78, 5) is 16.1. The number of amides is 1. The van der Waals surface area contributed by atoms with Crippen LogP contribution in [-0.4, -0.2) is 57.0 Å². The second-order valence-electron chi connectivity index (χ2n) is 5.30. The summed E-state index contributed by atoms with van der Waals surface area (Å²) < 4.78 is 5.50. The summed E-state index contributed by atoms with van der Waals surface area (Å²) in [5.74, 6) is 0.694. The highest BCUT2D eigenvalue weighted by Gasteiger charge is 2.26. The Hall–Kier alpha value is -1.79. The smallest absolute Gasteiger partial charge is 0.265 e. The summed E-state index contributed by atoms with van der Waals surface area (Å²) in [5.41, 5.74) is 1.93. The number of carbonyl (C=O) groups is 1. The molecule has 2 N–H and O–H groups in total. The molecule has 0 spiro atoms. The van der Waals surface area contributed by atoms with Gasteiger partial charge in [-0.05, 0) is 24.6 Å². The zero-order valence-electron chi connectivity index (χ0n) is 12.0. The largest absolute Gasteiger partial charge is 0.482 e. The minimum absolute atomic E-state index is 0.0478. The number of anilines is 2. The number of nitrogens with zero attached hydrogens (tertiary/aromatic N) is 2. The molecule has 3 rings (SSSR count). The van der Waals surface area contributed by atoms with Crippen LogP contribution in [0.15, 0.2) is 18.2 Å². The van der Waals surface area contributed by atoms with E-state index < -0.39 is 0 Å². The first-order valence-electron chi connectivity index (χ1n) is 7.43. The molecular weight excluding hydrogens is 270 g/mol. The number of ether oxygens (including phenoxy) is 1. The zero-order chi connectivity index (χ0) is 14.7. The van der Waals surface area contributed by atoms with Crippen LogP contribution in [0.2, 0.25) is 0 Å². The van der Waals surface area contributed by atoms with Gasteiger partial charge in [-0.25, -0.2) is 0 Å². The molecule has 0 saturated carbocycles. The van der Waals surface area contributed by atoms with E-state index in [1.807, 2.05) is 18.2 Å². The summed E-state index contributed by atoms with van der Waals surface area (Å²) >= 11 is 0. The molecule has 2 aliphatic heterocycles. The van der Waals surface area contributed by atoms with Gasteiger partial charge in [0.25, 0.3) is 5.91 Å². The summed E-state index contributed by atoms with van der Waals surface area (Å²) in [6.07, 6.45) is 0.572. The second kappa shape index (κ2) is 6.32. The maximum absolute atomic E-state index is 12.0. The summed E-state index contributed by atoms with van der Waals surface area (Å²) in [6, 6.07) is 6.00. The van der Waals surface area contributed by atoms with Crippen LogP contribution in [0.5, 0.6) is 5.75 Å². The molecule has 21 heavy (non-hydrogen) atoms. The van der Waals surface area contributed by atoms with Gasteiger partial charge in [-0.2, -0.15) is 0 Å². The van der Waals surface area contributed by atoms with Gasteiger partial charge >= 0.3 is 0 Å². The Morgan fingerprint density at radius 2 is 2.10 bits per heavy atom.